The van der Waals surface area contributed by atoms with Crippen molar-refractivity contribution >= 4 is 23.5 Å². The van der Waals surface area contributed by atoms with E-state index in [1.54, 1.807) is 23.9 Å². The number of ether oxygens (including phenoxy) is 1. The van der Waals surface area contributed by atoms with Crippen LogP contribution in [0.3, 0.4) is 0 Å². The molecule has 23 heavy (non-hydrogen) atoms. The molecule has 1 heterocycles. The van der Waals surface area contributed by atoms with E-state index in [-0.39, 0.29) is 17.8 Å². The molecule has 0 saturated carbocycles. The molecule has 2 N–H and O–H groups in total. The van der Waals surface area contributed by atoms with Crippen molar-refractivity contribution in [3.05, 3.63) is 65.5 Å². The zero-order chi connectivity index (χ0) is 16.1. The number of rotatable bonds is 4. The summed E-state index contributed by atoms with van der Waals surface area (Å²) in [7, 11) is 0. The fourth-order valence-electron chi connectivity index (χ4n) is 2.32. The van der Waals surface area contributed by atoms with Crippen molar-refractivity contribution < 1.29 is 13.9 Å². The Hall–Kier alpha value is -2.05. The predicted octanol–water partition coefficient (Wildman–Crippen LogP) is 3.91. The Morgan fingerprint density at radius 2 is 2.13 bits per heavy atom. The number of thioether (sulfide) groups is 1. The zero-order valence-corrected chi connectivity index (χ0v) is 13.2. The first-order valence-corrected chi connectivity index (χ1v) is 8.39. The van der Waals surface area contributed by atoms with Gasteiger partial charge in [-0.25, -0.2) is 9.18 Å². The van der Waals surface area contributed by atoms with Gasteiger partial charge < -0.3 is 10.1 Å². The number of carbonyl (C=O) groups is 1. The number of amides is 1. The molecule has 2 aromatic carbocycles. The molecule has 4 nitrogen and oxygen atoms in total. The quantitative estimate of drug-likeness (QED) is 0.891. The first-order valence-electron chi connectivity index (χ1n) is 7.34. The minimum Gasteiger partial charge on any atom is -0.444 e. The largest absolute Gasteiger partial charge is 0.444 e. The molecule has 1 fully saturated rings. The maximum Gasteiger partial charge on any atom is 0.411 e. The van der Waals surface area contributed by atoms with Crippen molar-refractivity contribution in [2.24, 2.45) is 0 Å². The van der Waals surface area contributed by atoms with Gasteiger partial charge in [0.15, 0.2) is 0 Å². The Balaban J connectivity index is 1.57. The van der Waals surface area contributed by atoms with E-state index in [2.05, 4.69) is 10.6 Å². The normalized spacial score (nSPS) is 17.0. The van der Waals surface area contributed by atoms with Crippen LogP contribution in [-0.4, -0.2) is 18.4 Å². The molecule has 6 heteroatoms. The lowest BCUT2D eigenvalue weighted by atomic mass is 10.2. The molecular weight excluding hydrogens is 315 g/mol. The second kappa shape index (κ2) is 7.48. The van der Waals surface area contributed by atoms with E-state index in [9.17, 15) is 9.18 Å². The SMILES string of the molecule is O=C(Nc1ccc(C2NCCS2)c(F)c1)OCc1ccccc1. The Labute approximate surface area is 138 Å². The maximum atomic E-state index is 14.2. The lowest BCUT2D eigenvalue weighted by molar-refractivity contribution is 0.155. The molecule has 2 aromatic rings. The van der Waals surface area contributed by atoms with Gasteiger partial charge in [0, 0.05) is 23.5 Å². The molecule has 0 radical (unpaired) electrons. The van der Waals surface area contributed by atoms with Crippen LogP contribution in [0.5, 0.6) is 0 Å². The molecule has 0 aromatic heterocycles. The molecule has 0 bridgehead atoms. The van der Waals surface area contributed by atoms with Crippen LogP contribution in [-0.2, 0) is 11.3 Å². The molecule has 1 unspecified atom stereocenters. The van der Waals surface area contributed by atoms with E-state index >= 15 is 0 Å². The highest BCUT2D eigenvalue weighted by atomic mass is 32.2. The first-order chi connectivity index (χ1) is 11.2. The van der Waals surface area contributed by atoms with Crippen molar-refractivity contribution in [3.63, 3.8) is 0 Å². The van der Waals surface area contributed by atoms with Gasteiger partial charge in [-0.05, 0) is 17.7 Å². The third kappa shape index (κ3) is 4.24. The molecule has 1 amide bonds. The van der Waals surface area contributed by atoms with E-state index in [4.69, 9.17) is 4.74 Å². The Kier molecular flexibility index (Phi) is 5.15. The number of halogens is 1. The van der Waals surface area contributed by atoms with Crippen LogP contribution in [0.1, 0.15) is 16.5 Å². The summed E-state index contributed by atoms with van der Waals surface area (Å²) in [5, 5.41) is 5.75. The van der Waals surface area contributed by atoms with Gasteiger partial charge in [-0.15, -0.1) is 11.8 Å². The van der Waals surface area contributed by atoms with Crippen LogP contribution >= 0.6 is 11.8 Å². The number of anilines is 1. The summed E-state index contributed by atoms with van der Waals surface area (Å²) in [5.41, 5.74) is 1.89. The van der Waals surface area contributed by atoms with Gasteiger partial charge >= 0.3 is 6.09 Å². The van der Waals surface area contributed by atoms with Crippen molar-refractivity contribution in [2.45, 2.75) is 12.0 Å². The van der Waals surface area contributed by atoms with Crippen LogP contribution in [0.4, 0.5) is 14.9 Å². The fraction of sp³-hybridized carbons (Fsp3) is 0.235. The van der Waals surface area contributed by atoms with Crippen molar-refractivity contribution in [1.29, 1.82) is 0 Å². The highest BCUT2D eigenvalue weighted by molar-refractivity contribution is 7.99. The topological polar surface area (TPSA) is 50.4 Å². The maximum absolute atomic E-state index is 14.2. The van der Waals surface area contributed by atoms with Crippen LogP contribution in [0, 0.1) is 5.82 Å². The molecule has 3 rings (SSSR count). The lowest BCUT2D eigenvalue weighted by Crippen LogP contribution is -2.15. The third-order valence-corrected chi connectivity index (χ3v) is 4.65. The van der Waals surface area contributed by atoms with Gasteiger partial charge in [-0.3, -0.25) is 5.32 Å². The third-order valence-electron chi connectivity index (χ3n) is 3.46. The fourth-order valence-corrected chi connectivity index (χ4v) is 3.40. The number of nitrogens with one attached hydrogen (secondary N) is 2. The monoisotopic (exact) mass is 332 g/mol. The van der Waals surface area contributed by atoms with E-state index < -0.39 is 6.09 Å². The van der Waals surface area contributed by atoms with Gasteiger partial charge in [-0.1, -0.05) is 36.4 Å². The highest BCUT2D eigenvalue weighted by Crippen LogP contribution is 2.32. The summed E-state index contributed by atoms with van der Waals surface area (Å²) >= 11 is 1.67. The average Bonchev–Trinajstić information content (AvgIpc) is 3.08. The molecule has 0 aliphatic carbocycles. The summed E-state index contributed by atoms with van der Waals surface area (Å²) in [6.45, 7) is 1.05. The summed E-state index contributed by atoms with van der Waals surface area (Å²) in [6, 6.07) is 14.1. The highest BCUT2D eigenvalue weighted by Gasteiger charge is 2.20. The zero-order valence-electron chi connectivity index (χ0n) is 12.4. The minimum absolute atomic E-state index is 0.0194. The number of hydrogen-bond donors (Lipinski definition) is 2. The van der Waals surface area contributed by atoms with Crippen LogP contribution in [0.15, 0.2) is 48.5 Å². The Morgan fingerprint density at radius 1 is 1.30 bits per heavy atom. The van der Waals surface area contributed by atoms with Crippen molar-refractivity contribution in [1.82, 2.24) is 5.32 Å². The van der Waals surface area contributed by atoms with E-state index in [0.29, 0.717) is 11.3 Å². The minimum atomic E-state index is -0.602. The number of hydrogen-bond acceptors (Lipinski definition) is 4. The van der Waals surface area contributed by atoms with Gasteiger partial charge in [-0.2, -0.15) is 0 Å². The van der Waals surface area contributed by atoms with Crippen molar-refractivity contribution in [3.8, 4) is 0 Å². The molecule has 0 spiro atoms. The summed E-state index contributed by atoms with van der Waals surface area (Å²) in [6.07, 6.45) is -0.602. The van der Waals surface area contributed by atoms with Crippen LogP contribution in [0.25, 0.3) is 0 Å². The van der Waals surface area contributed by atoms with Crippen molar-refractivity contribution in [2.75, 3.05) is 17.6 Å². The summed E-state index contributed by atoms with van der Waals surface area (Å²) in [5.74, 6) is 0.633. The summed E-state index contributed by atoms with van der Waals surface area (Å²) in [4.78, 5) is 11.8. The second-order valence-corrected chi connectivity index (χ2v) is 6.34. The van der Waals surface area contributed by atoms with Gasteiger partial charge in [0.2, 0.25) is 0 Å². The molecule has 1 saturated heterocycles. The van der Waals surface area contributed by atoms with Gasteiger partial charge in [0.05, 0.1) is 5.37 Å². The Morgan fingerprint density at radius 3 is 2.83 bits per heavy atom. The second-order valence-electron chi connectivity index (χ2n) is 5.13. The van der Waals surface area contributed by atoms with Crippen LogP contribution < -0.4 is 10.6 Å². The van der Waals surface area contributed by atoms with E-state index in [1.165, 1.54) is 6.07 Å². The molecule has 1 aliphatic rings. The Bertz CT molecular complexity index is 676. The van der Waals surface area contributed by atoms with E-state index in [0.717, 1.165) is 17.9 Å². The van der Waals surface area contributed by atoms with Gasteiger partial charge in [0.1, 0.15) is 12.4 Å². The van der Waals surface area contributed by atoms with Crippen LogP contribution in [0.2, 0.25) is 0 Å². The molecular formula is C17H17FN2O2S. The predicted molar refractivity (Wildman–Crippen MR) is 89.9 cm³/mol. The summed E-state index contributed by atoms with van der Waals surface area (Å²) < 4.78 is 19.3. The van der Waals surface area contributed by atoms with E-state index in [1.807, 2.05) is 30.3 Å². The standard InChI is InChI=1S/C17H17FN2O2S/c18-15-10-13(6-7-14(15)16-19-8-9-23-16)20-17(21)22-11-12-4-2-1-3-5-12/h1-7,10,16,19H,8-9,11H2,(H,20,21). The first kappa shape index (κ1) is 15.8. The average molecular weight is 332 g/mol. The molecule has 1 atom stereocenters. The molecule has 1 aliphatic heterocycles. The molecule has 120 valence electrons. The lowest BCUT2D eigenvalue weighted by Gasteiger charge is -2.13. The number of carbonyl (C=O) groups excluding carboxylic acids is 1. The smallest absolute Gasteiger partial charge is 0.411 e. The van der Waals surface area contributed by atoms with Gasteiger partial charge in [0.25, 0.3) is 0 Å². The number of benzene rings is 2.